The van der Waals surface area contributed by atoms with Gasteiger partial charge in [0.1, 0.15) is 5.58 Å². The summed E-state index contributed by atoms with van der Waals surface area (Å²) in [7, 11) is 0. The molecule has 0 bridgehead atoms. The van der Waals surface area contributed by atoms with Crippen molar-refractivity contribution in [2.75, 3.05) is 0 Å². The maximum absolute atomic E-state index is 12.4. The molecule has 22 heavy (non-hydrogen) atoms. The largest absolute Gasteiger partial charge is 0.502 e. The molecule has 0 aliphatic rings. The zero-order valence-corrected chi connectivity index (χ0v) is 12.7. The molecule has 4 aromatic rings. The number of hydrogen-bond donors (Lipinski definition) is 1. The molecule has 2 aromatic carbocycles. The van der Waals surface area contributed by atoms with Crippen molar-refractivity contribution in [2.24, 2.45) is 0 Å². The third kappa shape index (κ3) is 1.92. The highest BCUT2D eigenvalue weighted by Gasteiger charge is 2.18. The van der Waals surface area contributed by atoms with Gasteiger partial charge in [-0.05, 0) is 24.3 Å². The molecule has 0 atom stereocenters. The van der Waals surface area contributed by atoms with Crippen LogP contribution >= 0.6 is 22.9 Å². The normalized spacial score (nSPS) is 11.3. The molecule has 3 nitrogen and oxygen atoms in total. The Hall–Kier alpha value is -2.30. The highest BCUT2D eigenvalue weighted by atomic mass is 35.5. The number of aromatic hydroxyl groups is 1. The second-order valence-corrected chi connectivity index (χ2v) is 6.24. The van der Waals surface area contributed by atoms with Crippen LogP contribution in [0.3, 0.4) is 0 Å². The first-order valence-corrected chi connectivity index (χ1v) is 7.83. The Morgan fingerprint density at radius 3 is 2.77 bits per heavy atom. The van der Waals surface area contributed by atoms with Crippen molar-refractivity contribution >= 4 is 44.0 Å². The minimum Gasteiger partial charge on any atom is -0.502 e. The molecule has 2 aromatic heterocycles. The zero-order valence-electron chi connectivity index (χ0n) is 11.2. The number of thiophene rings is 1. The SMILES string of the molecule is O=c1c(O)c(-c2csc3ccccc23)oc2ccc(Cl)cc12. The molecule has 5 heteroatoms. The topological polar surface area (TPSA) is 50.4 Å². The van der Waals surface area contributed by atoms with Crippen molar-refractivity contribution in [1.82, 2.24) is 0 Å². The average molecular weight is 329 g/mol. The molecule has 0 fully saturated rings. The van der Waals surface area contributed by atoms with Crippen molar-refractivity contribution in [3.8, 4) is 17.1 Å². The van der Waals surface area contributed by atoms with E-state index in [9.17, 15) is 9.90 Å². The van der Waals surface area contributed by atoms with E-state index in [4.69, 9.17) is 16.0 Å². The van der Waals surface area contributed by atoms with E-state index in [0.717, 1.165) is 10.1 Å². The molecule has 0 spiro atoms. The lowest BCUT2D eigenvalue weighted by Gasteiger charge is -2.05. The summed E-state index contributed by atoms with van der Waals surface area (Å²) < 4.78 is 6.84. The van der Waals surface area contributed by atoms with Gasteiger partial charge in [-0.15, -0.1) is 11.3 Å². The van der Waals surface area contributed by atoms with Gasteiger partial charge in [0.2, 0.25) is 11.2 Å². The van der Waals surface area contributed by atoms with Crippen LogP contribution in [0, 0.1) is 0 Å². The van der Waals surface area contributed by atoms with Crippen LogP contribution in [0.2, 0.25) is 5.02 Å². The summed E-state index contributed by atoms with van der Waals surface area (Å²) in [4.78, 5) is 12.4. The van der Waals surface area contributed by atoms with E-state index in [1.807, 2.05) is 29.6 Å². The Balaban J connectivity index is 2.09. The molecule has 0 unspecified atom stereocenters. The molecule has 108 valence electrons. The molecule has 0 aliphatic carbocycles. The average Bonchev–Trinajstić information content (AvgIpc) is 2.95. The lowest BCUT2D eigenvalue weighted by atomic mass is 10.1. The third-order valence-electron chi connectivity index (χ3n) is 3.55. The molecule has 0 amide bonds. The van der Waals surface area contributed by atoms with Gasteiger partial charge >= 0.3 is 0 Å². The van der Waals surface area contributed by atoms with Crippen LogP contribution < -0.4 is 5.43 Å². The second kappa shape index (κ2) is 4.87. The standard InChI is InChI=1S/C17H9ClO3S/c18-9-5-6-13-11(7-9)15(19)16(20)17(21-13)12-8-22-14-4-2-1-3-10(12)14/h1-8,20H. The highest BCUT2D eigenvalue weighted by Crippen LogP contribution is 2.38. The van der Waals surface area contributed by atoms with Crippen molar-refractivity contribution in [1.29, 1.82) is 0 Å². The van der Waals surface area contributed by atoms with E-state index in [1.165, 1.54) is 17.4 Å². The lowest BCUT2D eigenvalue weighted by molar-refractivity contribution is 0.449. The van der Waals surface area contributed by atoms with Gasteiger partial charge in [0, 0.05) is 26.1 Å². The van der Waals surface area contributed by atoms with Gasteiger partial charge in [0.25, 0.3) is 0 Å². The lowest BCUT2D eigenvalue weighted by Crippen LogP contribution is -2.02. The van der Waals surface area contributed by atoms with Gasteiger partial charge in [0.15, 0.2) is 5.76 Å². The smallest absolute Gasteiger partial charge is 0.235 e. The van der Waals surface area contributed by atoms with Crippen molar-refractivity contribution in [3.05, 3.63) is 63.1 Å². The van der Waals surface area contributed by atoms with E-state index in [1.54, 1.807) is 12.1 Å². The molecule has 0 radical (unpaired) electrons. The third-order valence-corrected chi connectivity index (χ3v) is 4.75. The zero-order chi connectivity index (χ0) is 15.3. The molecule has 0 saturated carbocycles. The first-order chi connectivity index (χ1) is 10.6. The number of halogens is 1. The molecule has 0 aliphatic heterocycles. The quantitative estimate of drug-likeness (QED) is 0.533. The fourth-order valence-electron chi connectivity index (χ4n) is 2.49. The second-order valence-electron chi connectivity index (χ2n) is 4.89. The van der Waals surface area contributed by atoms with Gasteiger partial charge < -0.3 is 9.52 Å². The Bertz CT molecular complexity index is 1080. The van der Waals surface area contributed by atoms with Crippen LogP contribution in [0.4, 0.5) is 0 Å². The molecule has 2 heterocycles. The van der Waals surface area contributed by atoms with Gasteiger partial charge in [0.05, 0.1) is 5.39 Å². The van der Waals surface area contributed by atoms with Gasteiger partial charge in [-0.3, -0.25) is 4.79 Å². The molecule has 1 N–H and O–H groups in total. The predicted octanol–water partition coefficient (Wildman–Crippen LogP) is 5.03. The minimum absolute atomic E-state index is 0.192. The van der Waals surface area contributed by atoms with E-state index in [-0.39, 0.29) is 11.1 Å². The minimum atomic E-state index is -0.478. The summed E-state index contributed by atoms with van der Waals surface area (Å²) in [6, 6.07) is 12.6. The van der Waals surface area contributed by atoms with Crippen LogP contribution in [0.1, 0.15) is 0 Å². The van der Waals surface area contributed by atoms with E-state index < -0.39 is 11.2 Å². The van der Waals surface area contributed by atoms with Gasteiger partial charge in [-0.2, -0.15) is 0 Å². The first-order valence-electron chi connectivity index (χ1n) is 6.57. The number of hydrogen-bond acceptors (Lipinski definition) is 4. The van der Waals surface area contributed by atoms with Crippen molar-refractivity contribution in [2.45, 2.75) is 0 Å². The predicted molar refractivity (Wildman–Crippen MR) is 90.0 cm³/mol. The van der Waals surface area contributed by atoms with Crippen LogP contribution in [-0.4, -0.2) is 5.11 Å². The number of benzene rings is 2. The van der Waals surface area contributed by atoms with Crippen molar-refractivity contribution < 1.29 is 9.52 Å². The van der Waals surface area contributed by atoms with Crippen LogP contribution in [0.25, 0.3) is 32.4 Å². The summed E-state index contributed by atoms with van der Waals surface area (Å²) in [5.41, 5.74) is 0.638. The highest BCUT2D eigenvalue weighted by molar-refractivity contribution is 7.17. The summed E-state index contributed by atoms with van der Waals surface area (Å²) in [6.45, 7) is 0. The first kappa shape index (κ1) is 13.4. The van der Waals surface area contributed by atoms with Crippen LogP contribution in [0.15, 0.2) is 57.1 Å². The van der Waals surface area contributed by atoms with E-state index in [0.29, 0.717) is 16.2 Å². The monoisotopic (exact) mass is 328 g/mol. The Morgan fingerprint density at radius 1 is 1.09 bits per heavy atom. The summed E-state index contributed by atoms with van der Waals surface area (Å²) in [5, 5.41) is 13.8. The molecule has 4 rings (SSSR count). The Morgan fingerprint density at radius 2 is 1.91 bits per heavy atom. The van der Waals surface area contributed by atoms with Crippen molar-refractivity contribution in [3.63, 3.8) is 0 Å². The summed E-state index contributed by atoms with van der Waals surface area (Å²) >= 11 is 7.44. The maximum Gasteiger partial charge on any atom is 0.235 e. The van der Waals surface area contributed by atoms with Crippen LogP contribution in [0.5, 0.6) is 5.75 Å². The number of fused-ring (bicyclic) bond motifs is 2. The molecule has 0 saturated heterocycles. The Labute approximate surface area is 134 Å². The van der Waals surface area contributed by atoms with E-state index in [2.05, 4.69) is 0 Å². The maximum atomic E-state index is 12.4. The summed E-state index contributed by atoms with van der Waals surface area (Å²) in [6.07, 6.45) is 0. The van der Waals surface area contributed by atoms with Gasteiger partial charge in [-0.1, -0.05) is 29.8 Å². The fourth-order valence-corrected chi connectivity index (χ4v) is 3.61. The Kier molecular flexibility index (Phi) is 2.96. The molecular formula is C17H9ClO3S. The van der Waals surface area contributed by atoms with E-state index >= 15 is 0 Å². The number of rotatable bonds is 1. The fraction of sp³-hybridized carbons (Fsp3) is 0. The van der Waals surface area contributed by atoms with Crippen LogP contribution in [-0.2, 0) is 0 Å². The molecular weight excluding hydrogens is 320 g/mol. The van der Waals surface area contributed by atoms with Gasteiger partial charge in [-0.25, -0.2) is 0 Å². The summed E-state index contributed by atoms with van der Waals surface area (Å²) in [5.74, 6) is -0.199.